The number of aromatic amines is 1. The van der Waals surface area contributed by atoms with E-state index < -0.39 is 5.97 Å². The Labute approximate surface area is 183 Å². The molecule has 0 saturated carbocycles. The first-order valence-electron chi connectivity index (χ1n) is 9.95. The van der Waals surface area contributed by atoms with Gasteiger partial charge in [0.25, 0.3) is 0 Å². The predicted octanol–water partition coefficient (Wildman–Crippen LogP) is 6.25. The maximum absolute atomic E-state index is 13.4. The van der Waals surface area contributed by atoms with Crippen LogP contribution >= 0.6 is 11.3 Å². The number of benzene rings is 2. The van der Waals surface area contributed by atoms with Crippen LogP contribution in [0.4, 0.5) is 4.39 Å². The first-order chi connectivity index (χ1) is 14.9. The topological polar surface area (TPSA) is 59.2 Å². The molecular formula is C25H22FNO3S. The van der Waals surface area contributed by atoms with E-state index in [1.807, 2.05) is 30.5 Å². The van der Waals surface area contributed by atoms with Crippen LogP contribution in [0.15, 0.2) is 47.8 Å². The van der Waals surface area contributed by atoms with E-state index >= 15 is 0 Å². The number of thiophene rings is 1. The summed E-state index contributed by atoms with van der Waals surface area (Å²) in [4.78, 5) is 28.4. The molecule has 31 heavy (non-hydrogen) atoms. The van der Waals surface area contributed by atoms with Gasteiger partial charge in [0.2, 0.25) is 0 Å². The van der Waals surface area contributed by atoms with Crippen molar-refractivity contribution in [3.63, 3.8) is 0 Å². The van der Waals surface area contributed by atoms with E-state index in [-0.39, 0.29) is 11.6 Å². The van der Waals surface area contributed by atoms with Crippen LogP contribution in [0.25, 0.3) is 22.0 Å². The highest BCUT2D eigenvalue weighted by Crippen LogP contribution is 2.34. The Morgan fingerprint density at radius 2 is 1.90 bits per heavy atom. The summed E-state index contributed by atoms with van der Waals surface area (Å²) >= 11 is 1.45. The van der Waals surface area contributed by atoms with E-state index in [1.54, 1.807) is 25.1 Å². The quantitative estimate of drug-likeness (QED) is 0.287. The van der Waals surface area contributed by atoms with Gasteiger partial charge in [0, 0.05) is 17.3 Å². The van der Waals surface area contributed by atoms with E-state index in [4.69, 9.17) is 4.74 Å². The van der Waals surface area contributed by atoms with Gasteiger partial charge in [-0.15, -0.1) is 11.3 Å². The molecule has 4 aromatic rings. The maximum Gasteiger partial charge on any atom is 0.354 e. The number of ether oxygens (including phenoxy) is 1. The molecule has 0 unspecified atom stereocenters. The first-order valence-corrected chi connectivity index (χ1v) is 10.8. The van der Waals surface area contributed by atoms with Crippen LogP contribution in [-0.2, 0) is 11.2 Å². The Morgan fingerprint density at radius 3 is 2.65 bits per heavy atom. The molecule has 0 bridgehead atoms. The highest BCUT2D eigenvalue weighted by molar-refractivity contribution is 7.12. The summed E-state index contributed by atoms with van der Waals surface area (Å²) in [5.41, 5.74) is 5.76. The number of halogens is 1. The highest BCUT2D eigenvalue weighted by atomic mass is 32.1. The van der Waals surface area contributed by atoms with Crippen molar-refractivity contribution in [1.29, 1.82) is 0 Å². The lowest BCUT2D eigenvalue weighted by Gasteiger charge is -2.05. The molecule has 0 aliphatic heterocycles. The molecule has 6 heteroatoms. The van der Waals surface area contributed by atoms with Crippen molar-refractivity contribution >= 4 is 34.0 Å². The number of methoxy groups -OCH3 is 1. The molecule has 1 N–H and O–H groups in total. The van der Waals surface area contributed by atoms with Gasteiger partial charge in [-0.3, -0.25) is 4.79 Å². The van der Waals surface area contributed by atoms with Gasteiger partial charge in [0.1, 0.15) is 11.5 Å². The second kappa shape index (κ2) is 8.47. The average molecular weight is 436 g/mol. The molecule has 0 fully saturated rings. The number of carbonyl (C=O) groups is 2. The van der Waals surface area contributed by atoms with E-state index in [2.05, 4.69) is 4.98 Å². The number of hydrogen-bond acceptors (Lipinski definition) is 4. The van der Waals surface area contributed by atoms with Crippen LogP contribution in [-0.4, -0.2) is 23.8 Å². The molecule has 0 amide bonds. The summed E-state index contributed by atoms with van der Waals surface area (Å²) in [5.74, 6) is -0.549. The van der Waals surface area contributed by atoms with Crippen LogP contribution in [0, 0.1) is 19.7 Å². The number of esters is 1. The molecule has 0 aliphatic carbocycles. The van der Waals surface area contributed by atoms with Gasteiger partial charge < -0.3 is 9.72 Å². The Hall–Kier alpha value is -3.25. The third-order valence-corrected chi connectivity index (χ3v) is 6.62. The van der Waals surface area contributed by atoms with Crippen molar-refractivity contribution in [3.05, 3.63) is 80.9 Å². The largest absolute Gasteiger partial charge is 0.464 e. The van der Waals surface area contributed by atoms with E-state index in [0.717, 1.165) is 38.0 Å². The summed E-state index contributed by atoms with van der Waals surface area (Å²) in [5, 5.41) is 2.91. The van der Waals surface area contributed by atoms with Crippen LogP contribution in [0.5, 0.6) is 0 Å². The zero-order chi connectivity index (χ0) is 22.1. The van der Waals surface area contributed by atoms with E-state index in [0.29, 0.717) is 24.1 Å². The minimum absolute atomic E-state index is 0.0893. The predicted molar refractivity (Wildman–Crippen MR) is 121 cm³/mol. The minimum Gasteiger partial charge on any atom is -0.464 e. The van der Waals surface area contributed by atoms with Crippen LogP contribution < -0.4 is 0 Å². The Bertz CT molecular complexity index is 1300. The van der Waals surface area contributed by atoms with Gasteiger partial charge in [-0.2, -0.15) is 0 Å². The van der Waals surface area contributed by atoms with Crippen molar-refractivity contribution in [2.75, 3.05) is 7.11 Å². The van der Waals surface area contributed by atoms with Gasteiger partial charge >= 0.3 is 5.97 Å². The lowest BCUT2D eigenvalue weighted by atomic mass is 9.99. The molecule has 0 radical (unpaired) electrons. The molecule has 4 nitrogen and oxygen atoms in total. The second-order valence-electron chi connectivity index (χ2n) is 7.59. The number of H-pyrrole nitrogens is 1. The Kier molecular flexibility index (Phi) is 5.74. The number of carbonyl (C=O) groups excluding carboxylic acids is 2. The molecule has 2 aromatic heterocycles. The van der Waals surface area contributed by atoms with Crippen molar-refractivity contribution in [2.24, 2.45) is 0 Å². The number of ketones is 1. The lowest BCUT2D eigenvalue weighted by molar-refractivity contribution is 0.0595. The molecule has 158 valence electrons. The zero-order valence-corrected chi connectivity index (χ0v) is 18.4. The van der Waals surface area contributed by atoms with Crippen LogP contribution in [0.2, 0.25) is 0 Å². The number of aromatic nitrogens is 1. The molecular weight excluding hydrogens is 413 g/mol. The van der Waals surface area contributed by atoms with Crippen LogP contribution in [0.3, 0.4) is 0 Å². The molecule has 4 rings (SSSR count). The number of fused-ring (bicyclic) bond motifs is 1. The smallest absolute Gasteiger partial charge is 0.354 e. The third-order valence-electron chi connectivity index (χ3n) is 5.49. The van der Waals surface area contributed by atoms with Crippen molar-refractivity contribution < 1.29 is 18.7 Å². The molecule has 0 saturated heterocycles. The fraction of sp³-hybridized carbons (Fsp3) is 0.200. The summed E-state index contributed by atoms with van der Waals surface area (Å²) in [6, 6.07) is 12.6. The monoisotopic (exact) mass is 435 g/mol. The number of hydrogen-bond donors (Lipinski definition) is 1. The van der Waals surface area contributed by atoms with Crippen molar-refractivity contribution in [1.82, 2.24) is 4.98 Å². The molecule has 0 aliphatic rings. The maximum atomic E-state index is 13.4. The van der Waals surface area contributed by atoms with E-state index in [9.17, 15) is 14.0 Å². The summed E-state index contributed by atoms with van der Waals surface area (Å²) < 4.78 is 18.2. The Morgan fingerprint density at radius 1 is 1.10 bits per heavy atom. The standard InChI is InChI=1S/C25H22FNO3S/c1-14-10-16(4-7-20(14)26)5-9-23(28)24-15(2)19(13-31-24)17-6-8-21-18(11-17)12-22(27-21)25(29)30-3/h4,6-8,10-13,27H,5,9H2,1-3H3. The third kappa shape index (κ3) is 4.16. The zero-order valence-electron chi connectivity index (χ0n) is 17.5. The SMILES string of the molecule is COC(=O)c1cc2cc(-c3csc(C(=O)CCc4ccc(F)c(C)c4)c3C)ccc2[nH]1. The van der Waals surface area contributed by atoms with Gasteiger partial charge in [-0.25, -0.2) is 9.18 Å². The second-order valence-corrected chi connectivity index (χ2v) is 8.47. The van der Waals surface area contributed by atoms with Crippen molar-refractivity contribution in [3.8, 4) is 11.1 Å². The summed E-state index contributed by atoms with van der Waals surface area (Å²) in [6.07, 6.45) is 0.962. The van der Waals surface area contributed by atoms with Gasteiger partial charge in [0.05, 0.1) is 12.0 Å². The first kappa shape index (κ1) is 21.0. The van der Waals surface area contributed by atoms with Gasteiger partial charge in [0.15, 0.2) is 5.78 Å². The Balaban J connectivity index is 1.55. The molecule has 2 heterocycles. The highest BCUT2D eigenvalue weighted by Gasteiger charge is 2.17. The lowest BCUT2D eigenvalue weighted by Crippen LogP contribution is -2.01. The number of Topliss-reactive ketones (excluding diaryl/α,β-unsaturated/α-hetero) is 1. The fourth-order valence-electron chi connectivity index (χ4n) is 3.73. The molecule has 2 aromatic carbocycles. The minimum atomic E-state index is -0.409. The number of rotatable bonds is 6. The van der Waals surface area contributed by atoms with Gasteiger partial charge in [-0.05, 0) is 77.7 Å². The summed E-state index contributed by atoms with van der Waals surface area (Å²) in [6.45, 7) is 3.69. The number of aryl methyl sites for hydroxylation is 2. The average Bonchev–Trinajstić information content (AvgIpc) is 3.36. The normalized spacial score (nSPS) is 11.1. The summed E-state index contributed by atoms with van der Waals surface area (Å²) in [7, 11) is 1.35. The van der Waals surface area contributed by atoms with Crippen molar-refractivity contribution in [2.45, 2.75) is 26.7 Å². The van der Waals surface area contributed by atoms with Gasteiger partial charge in [-0.1, -0.05) is 18.2 Å². The molecule has 0 atom stereocenters. The number of nitrogens with one attached hydrogen (secondary N) is 1. The van der Waals surface area contributed by atoms with Crippen LogP contribution in [0.1, 0.15) is 43.3 Å². The van der Waals surface area contributed by atoms with E-state index in [1.165, 1.54) is 24.5 Å². The molecule has 0 spiro atoms. The fourth-order valence-corrected chi connectivity index (χ4v) is 4.80.